The molecule has 0 radical (unpaired) electrons. The molecule has 1 aliphatic rings. The van der Waals surface area contributed by atoms with Crippen molar-refractivity contribution in [2.75, 3.05) is 13.1 Å². The molecule has 0 spiro atoms. The van der Waals surface area contributed by atoms with E-state index >= 15 is 0 Å². The van der Waals surface area contributed by atoms with Crippen molar-refractivity contribution < 1.29 is 18.7 Å². The molecule has 5 nitrogen and oxygen atoms in total. The lowest BCUT2D eigenvalue weighted by Crippen LogP contribution is -2.53. The molecule has 0 bridgehead atoms. The Morgan fingerprint density at radius 2 is 1.79 bits per heavy atom. The number of carbonyl (C=O) groups excluding carboxylic acids is 2. The molecule has 2 amide bonds. The molecule has 3 aromatic rings. The first-order valence-corrected chi connectivity index (χ1v) is 13.7. The van der Waals surface area contributed by atoms with Gasteiger partial charge in [0.1, 0.15) is 11.4 Å². The van der Waals surface area contributed by atoms with E-state index in [9.17, 15) is 14.0 Å². The molecule has 1 heterocycles. The van der Waals surface area contributed by atoms with Crippen LogP contribution in [0.15, 0.2) is 73.3 Å². The van der Waals surface area contributed by atoms with Gasteiger partial charge in [0.15, 0.2) is 0 Å². The van der Waals surface area contributed by atoms with Gasteiger partial charge in [-0.15, -0.1) is 6.58 Å². The first kappa shape index (κ1) is 28.6. The van der Waals surface area contributed by atoms with Gasteiger partial charge >= 0.3 is 6.09 Å². The second kappa shape index (κ2) is 11.8. The number of amides is 2. The normalized spacial score (nSPS) is 16.0. The summed E-state index contributed by atoms with van der Waals surface area (Å²) in [4.78, 5) is 28.4. The molecule has 1 aliphatic heterocycles. The molecule has 1 N–H and O–H groups in total. The number of ether oxygens (including phenoxy) is 1. The second-order valence-electron chi connectivity index (χ2n) is 11.2. The number of nitrogens with one attached hydrogen (secondary N) is 1. The van der Waals surface area contributed by atoms with Crippen molar-refractivity contribution in [1.82, 2.24) is 10.2 Å². The summed E-state index contributed by atoms with van der Waals surface area (Å²) in [7, 11) is 0. The molecule has 0 saturated carbocycles. The lowest BCUT2D eigenvalue weighted by Gasteiger charge is -2.46. The molecule has 206 valence electrons. The Kier molecular flexibility index (Phi) is 8.65. The van der Waals surface area contributed by atoms with E-state index in [1.54, 1.807) is 23.1 Å². The highest BCUT2D eigenvalue weighted by atomic mass is 35.5. The number of hydrogen-bond acceptors (Lipinski definition) is 3. The van der Waals surface area contributed by atoms with Crippen molar-refractivity contribution in [3.05, 3.63) is 95.3 Å². The quantitative estimate of drug-likeness (QED) is 0.312. The number of nitrogens with zero attached hydrogens (tertiary/aromatic N) is 1. The van der Waals surface area contributed by atoms with E-state index in [1.165, 1.54) is 12.1 Å². The van der Waals surface area contributed by atoms with Crippen LogP contribution in [0.5, 0.6) is 0 Å². The molecule has 4 rings (SSSR count). The van der Waals surface area contributed by atoms with Gasteiger partial charge in [-0.05, 0) is 86.2 Å². The Hall–Kier alpha value is -3.38. The van der Waals surface area contributed by atoms with Crippen LogP contribution in [0.3, 0.4) is 0 Å². The largest absolute Gasteiger partial charge is 0.444 e. The van der Waals surface area contributed by atoms with Crippen molar-refractivity contribution in [3.63, 3.8) is 0 Å². The van der Waals surface area contributed by atoms with Crippen LogP contribution >= 0.6 is 11.6 Å². The molecule has 7 heteroatoms. The topological polar surface area (TPSA) is 58.6 Å². The maximum atomic E-state index is 13.9. The number of rotatable bonds is 7. The van der Waals surface area contributed by atoms with Crippen molar-refractivity contribution in [3.8, 4) is 0 Å². The fourth-order valence-corrected chi connectivity index (χ4v) is 5.84. The van der Waals surface area contributed by atoms with E-state index in [0.717, 1.165) is 21.9 Å². The number of likely N-dealkylation sites (tertiary alicyclic amines) is 1. The monoisotopic (exact) mass is 550 g/mol. The van der Waals surface area contributed by atoms with Crippen LogP contribution in [0.2, 0.25) is 5.02 Å². The third kappa shape index (κ3) is 6.62. The summed E-state index contributed by atoms with van der Waals surface area (Å²) in [6, 6.07) is 18.1. The molecule has 0 aromatic heterocycles. The van der Waals surface area contributed by atoms with Crippen LogP contribution in [0.4, 0.5) is 9.18 Å². The first-order valence-electron chi connectivity index (χ1n) is 13.3. The minimum atomic E-state index is -0.610. The maximum Gasteiger partial charge on any atom is 0.410 e. The molecule has 1 unspecified atom stereocenters. The van der Waals surface area contributed by atoms with E-state index in [1.807, 2.05) is 57.2 Å². The van der Waals surface area contributed by atoms with Crippen LogP contribution in [0.1, 0.15) is 51.2 Å². The molecule has 3 aromatic carbocycles. The van der Waals surface area contributed by atoms with Crippen molar-refractivity contribution in [1.29, 1.82) is 0 Å². The smallest absolute Gasteiger partial charge is 0.410 e. The molecule has 1 atom stereocenters. The number of carbonyl (C=O) groups is 2. The maximum absolute atomic E-state index is 13.9. The number of hydrogen-bond donors (Lipinski definition) is 1. The highest BCUT2D eigenvalue weighted by molar-refractivity contribution is 6.31. The van der Waals surface area contributed by atoms with Crippen LogP contribution in [-0.2, 0) is 21.5 Å². The number of piperidine rings is 1. The second-order valence-corrected chi connectivity index (χ2v) is 11.6. The average molecular weight is 551 g/mol. The van der Waals surface area contributed by atoms with Gasteiger partial charge in [-0.1, -0.05) is 54.1 Å². The van der Waals surface area contributed by atoms with Gasteiger partial charge in [-0.25, -0.2) is 9.18 Å². The number of fused-ring (bicyclic) bond motifs is 1. The predicted octanol–water partition coefficient (Wildman–Crippen LogP) is 7.41. The molecular weight excluding hydrogens is 515 g/mol. The third-order valence-corrected chi connectivity index (χ3v) is 7.70. The molecule has 0 aliphatic carbocycles. The van der Waals surface area contributed by atoms with E-state index in [4.69, 9.17) is 16.3 Å². The Bertz CT molecular complexity index is 1340. The summed E-state index contributed by atoms with van der Waals surface area (Å²) in [6.45, 7) is 10.6. The van der Waals surface area contributed by atoms with Gasteiger partial charge in [-0.3, -0.25) is 4.79 Å². The van der Waals surface area contributed by atoms with Crippen molar-refractivity contribution in [2.24, 2.45) is 5.92 Å². The Morgan fingerprint density at radius 3 is 2.44 bits per heavy atom. The Morgan fingerprint density at radius 1 is 1.13 bits per heavy atom. The minimum Gasteiger partial charge on any atom is -0.444 e. The average Bonchev–Trinajstić information content (AvgIpc) is 2.89. The zero-order valence-corrected chi connectivity index (χ0v) is 23.6. The molecule has 1 fully saturated rings. The standard InChI is InChI=1S/C32H36ClFN2O3/c1-5-8-28(29(37)35-21-23-20-25(33)19-22-9-6-7-10-27(22)23)32(24-11-13-26(34)14-12-24)15-17-36(18-16-32)30(38)39-31(2,3)4/h5-7,9-14,19-20,28H,1,8,15-18,21H2,2-4H3,(H,35,37). The fraction of sp³-hybridized carbons (Fsp3) is 0.375. The summed E-state index contributed by atoms with van der Waals surface area (Å²) in [5, 5.41) is 5.79. The highest BCUT2D eigenvalue weighted by Crippen LogP contribution is 2.44. The summed E-state index contributed by atoms with van der Waals surface area (Å²) >= 11 is 6.37. The van der Waals surface area contributed by atoms with Gasteiger partial charge in [0.05, 0.1) is 5.92 Å². The molecule has 39 heavy (non-hydrogen) atoms. The summed E-state index contributed by atoms with van der Waals surface area (Å²) in [5.74, 6) is -0.918. The summed E-state index contributed by atoms with van der Waals surface area (Å²) < 4.78 is 19.5. The summed E-state index contributed by atoms with van der Waals surface area (Å²) in [5.41, 5.74) is 0.599. The molecule has 1 saturated heterocycles. The van der Waals surface area contributed by atoms with E-state index in [-0.39, 0.29) is 17.8 Å². The third-order valence-electron chi connectivity index (χ3n) is 7.48. The number of benzene rings is 3. The van der Waals surface area contributed by atoms with Crippen LogP contribution in [-0.4, -0.2) is 35.6 Å². The molecular formula is C32H36ClFN2O3. The van der Waals surface area contributed by atoms with Crippen LogP contribution < -0.4 is 5.32 Å². The van der Waals surface area contributed by atoms with E-state index in [0.29, 0.717) is 43.9 Å². The Labute approximate surface area is 235 Å². The Balaban J connectivity index is 1.62. The zero-order chi connectivity index (χ0) is 28.2. The number of allylic oxidation sites excluding steroid dienone is 1. The van der Waals surface area contributed by atoms with Gasteiger partial charge in [0, 0.05) is 30.1 Å². The van der Waals surface area contributed by atoms with E-state index < -0.39 is 16.9 Å². The van der Waals surface area contributed by atoms with Crippen LogP contribution in [0.25, 0.3) is 10.8 Å². The number of halogens is 2. The van der Waals surface area contributed by atoms with Gasteiger partial charge in [0.25, 0.3) is 0 Å². The SMILES string of the molecule is C=CCC(C(=O)NCc1cc(Cl)cc2ccccc12)C1(c2ccc(F)cc2)CCN(C(=O)OC(C)(C)C)CC1. The zero-order valence-electron chi connectivity index (χ0n) is 22.8. The van der Waals surface area contributed by atoms with Gasteiger partial charge < -0.3 is 15.0 Å². The fourth-order valence-electron chi connectivity index (χ4n) is 5.59. The lowest BCUT2D eigenvalue weighted by molar-refractivity contribution is -0.128. The van der Waals surface area contributed by atoms with E-state index in [2.05, 4.69) is 11.9 Å². The first-order chi connectivity index (χ1) is 18.5. The minimum absolute atomic E-state index is 0.117. The van der Waals surface area contributed by atoms with Gasteiger partial charge in [0.2, 0.25) is 5.91 Å². The van der Waals surface area contributed by atoms with Crippen molar-refractivity contribution in [2.45, 2.75) is 57.6 Å². The predicted molar refractivity (Wildman–Crippen MR) is 154 cm³/mol. The summed E-state index contributed by atoms with van der Waals surface area (Å²) in [6.07, 6.45) is 2.89. The highest BCUT2D eigenvalue weighted by Gasteiger charge is 2.46. The van der Waals surface area contributed by atoms with Crippen molar-refractivity contribution >= 4 is 34.4 Å². The lowest BCUT2D eigenvalue weighted by atomic mass is 9.63. The van der Waals surface area contributed by atoms with Gasteiger partial charge in [-0.2, -0.15) is 0 Å². The van der Waals surface area contributed by atoms with Crippen LogP contribution in [0, 0.1) is 11.7 Å².